The maximum atomic E-state index is 13.3. The predicted molar refractivity (Wildman–Crippen MR) is 138 cm³/mol. The van der Waals surface area contributed by atoms with Gasteiger partial charge in [0.15, 0.2) is 11.5 Å². The summed E-state index contributed by atoms with van der Waals surface area (Å²) >= 11 is 0. The summed E-state index contributed by atoms with van der Waals surface area (Å²) < 4.78 is 11.8. The molecular weight excluding hydrogens is 456 g/mol. The van der Waals surface area contributed by atoms with Crippen molar-refractivity contribution in [1.29, 1.82) is 0 Å². The molecule has 0 bridgehead atoms. The Kier molecular flexibility index (Phi) is 7.88. The van der Waals surface area contributed by atoms with Gasteiger partial charge in [0, 0.05) is 11.6 Å². The van der Waals surface area contributed by atoms with E-state index in [1.54, 1.807) is 19.3 Å². The zero-order valence-corrected chi connectivity index (χ0v) is 20.8. The lowest BCUT2D eigenvalue weighted by Gasteiger charge is -2.35. The van der Waals surface area contributed by atoms with Crippen molar-refractivity contribution in [3.8, 4) is 11.5 Å². The van der Waals surface area contributed by atoms with Gasteiger partial charge < -0.3 is 9.47 Å². The monoisotopic (exact) mass is 488 g/mol. The molecule has 4 amide bonds. The number of hydrogen-bond donors (Lipinski definition) is 1. The van der Waals surface area contributed by atoms with Crippen LogP contribution in [-0.4, -0.2) is 35.9 Å². The van der Waals surface area contributed by atoms with E-state index in [-0.39, 0.29) is 11.6 Å². The van der Waals surface area contributed by atoms with E-state index in [9.17, 15) is 14.4 Å². The lowest BCUT2D eigenvalue weighted by molar-refractivity contribution is -0.132. The number of urea groups is 1. The number of benzene rings is 2. The van der Waals surface area contributed by atoms with E-state index in [2.05, 4.69) is 11.9 Å². The Labute approximate surface area is 211 Å². The molecule has 188 valence electrons. The van der Waals surface area contributed by atoms with Crippen LogP contribution in [0.2, 0.25) is 0 Å². The first-order valence-corrected chi connectivity index (χ1v) is 12.3. The Morgan fingerprint density at radius 3 is 2.47 bits per heavy atom. The number of hydrogen-bond acceptors (Lipinski definition) is 5. The first-order chi connectivity index (χ1) is 17.4. The van der Waals surface area contributed by atoms with E-state index >= 15 is 0 Å². The molecule has 7 nitrogen and oxygen atoms in total. The van der Waals surface area contributed by atoms with Crippen LogP contribution in [0.4, 0.5) is 4.79 Å². The van der Waals surface area contributed by atoms with Crippen molar-refractivity contribution in [3.05, 3.63) is 76.9 Å². The summed E-state index contributed by atoms with van der Waals surface area (Å²) in [4.78, 5) is 39.6. The van der Waals surface area contributed by atoms with Crippen molar-refractivity contribution in [1.82, 2.24) is 10.2 Å². The molecule has 2 aromatic carbocycles. The van der Waals surface area contributed by atoms with Crippen molar-refractivity contribution in [2.24, 2.45) is 0 Å². The van der Waals surface area contributed by atoms with Crippen LogP contribution in [-0.2, 0) is 22.6 Å². The third-order valence-electron chi connectivity index (χ3n) is 6.63. The van der Waals surface area contributed by atoms with Crippen molar-refractivity contribution in [2.45, 2.75) is 58.1 Å². The standard InChI is InChI=1S/C29H32N2O5/c1-4-8-22-15-21(17-25(35-3)26(22)36-18-20-13-11-19(2)12-14-20)16-24-27(32)30-29(34)31(28(24)33)23-9-6-5-7-10-23/h4,11-17,23H,1,5-10,18H2,2-3H3,(H,30,32,34). The fourth-order valence-electron chi connectivity index (χ4n) is 4.74. The zero-order valence-electron chi connectivity index (χ0n) is 20.8. The molecule has 1 heterocycles. The fourth-order valence-corrected chi connectivity index (χ4v) is 4.74. The number of carbonyl (C=O) groups excluding carboxylic acids is 3. The third-order valence-corrected chi connectivity index (χ3v) is 6.63. The highest BCUT2D eigenvalue weighted by molar-refractivity contribution is 6.31. The molecule has 2 fully saturated rings. The molecule has 2 aliphatic rings. The van der Waals surface area contributed by atoms with Gasteiger partial charge in [-0.15, -0.1) is 6.58 Å². The Hall–Kier alpha value is -3.87. The number of amides is 4. The summed E-state index contributed by atoms with van der Waals surface area (Å²) in [7, 11) is 1.55. The molecule has 2 aromatic rings. The number of methoxy groups -OCH3 is 1. The van der Waals surface area contributed by atoms with E-state index in [1.165, 1.54) is 16.5 Å². The van der Waals surface area contributed by atoms with Crippen molar-refractivity contribution in [2.75, 3.05) is 7.11 Å². The molecule has 1 saturated heterocycles. The lowest BCUT2D eigenvalue weighted by Crippen LogP contribution is -2.58. The number of barbiturate groups is 1. The molecule has 4 rings (SSSR count). The molecule has 1 aliphatic carbocycles. The zero-order chi connectivity index (χ0) is 25.7. The summed E-state index contributed by atoms with van der Waals surface area (Å²) in [5.74, 6) is -0.184. The van der Waals surface area contributed by atoms with E-state index in [4.69, 9.17) is 9.47 Å². The van der Waals surface area contributed by atoms with Gasteiger partial charge in [0.25, 0.3) is 11.8 Å². The highest BCUT2D eigenvalue weighted by Gasteiger charge is 2.40. The van der Waals surface area contributed by atoms with Crippen LogP contribution in [0.1, 0.15) is 54.4 Å². The Bertz CT molecular complexity index is 1190. The van der Waals surface area contributed by atoms with Crippen LogP contribution in [0.15, 0.2) is 54.6 Å². The maximum absolute atomic E-state index is 13.3. The van der Waals surface area contributed by atoms with Gasteiger partial charge >= 0.3 is 6.03 Å². The SMILES string of the molecule is C=CCc1cc(C=C2C(=O)NC(=O)N(C3CCCCC3)C2=O)cc(OC)c1OCc1ccc(C)cc1. The second kappa shape index (κ2) is 11.2. The molecule has 0 radical (unpaired) electrons. The molecule has 0 spiro atoms. The number of imide groups is 2. The van der Waals surface area contributed by atoms with Gasteiger partial charge in [-0.05, 0) is 55.5 Å². The van der Waals surface area contributed by atoms with Gasteiger partial charge in [0.1, 0.15) is 12.2 Å². The molecular formula is C29H32N2O5. The summed E-state index contributed by atoms with van der Waals surface area (Å²) in [6.07, 6.45) is 8.29. The van der Waals surface area contributed by atoms with Crippen LogP contribution in [0.5, 0.6) is 11.5 Å². The van der Waals surface area contributed by atoms with Gasteiger partial charge in [-0.2, -0.15) is 0 Å². The minimum absolute atomic E-state index is 0.0693. The number of nitrogens with one attached hydrogen (secondary N) is 1. The largest absolute Gasteiger partial charge is 0.493 e. The minimum atomic E-state index is -0.694. The number of rotatable bonds is 8. The maximum Gasteiger partial charge on any atom is 0.331 e. The van der Waals surface area contributed by atoms with Crippen LogP contribution < -0.4 is 14.8 Å². The molecule has 0 atom stereocenters. The number of carbonyl (C=O) groups is 3. The van der Waals surface area contributed by atoms with Gasteiger partial charge in [-0.3, -0.25) is 19.8 Å². The third kappa shape index (κ3) is 5.51. The normalized spacial score (nSPS) is 17.8. The molecule has 36 heavy (non-hydrogen) atoms. The smallest absolute Gasteiger partial charge is 0.331 e. The Balaban J connectivity index is 1.65. The molecule has 0 unspecified atom stereocenters. The molecule has 0 aromatic heterocycles. The number of allylic oxidation sites excluding steroid dienone is 1. The van der Waals surface area contributed by atoms with E-state index < -0.39 is 17.8 Å². The number of ether oxygens (including phenoxy) is 2. The highest BCUT2D eigenvalue weighted by atomic mass is 16.5. The molecule has 7 heteroatoms. The quantitative estimate of drug-likeness (QED) is 0.317. The van der Waals surface area contributed by atoms with Gasteiger partial charge in [0.05, 0.1) is 7.11 Å². The van der Waals surface area contributed by atoms with Crippen LogP contribution >= 0.6 is 0 Å². The molecule has 1 N–H and O–H groups in total. The molecule has 1 aliphatic heterocycles. The second-order valence-corrected chi connectivity index (χ2v) is 9.26. The Morgan fingerprint density at radius 2 is 1.81 bits per heavy atom. The first kappa shape index (κ1) is 25.2. The second-order valence-electron chi connectivity index (χ2n) is 9.26. The number of aryl methyl sites for hydroxylation is 1. The van der Waals surface area contributed by atoms with Gasteiger partial charge in [0.2, 0.25) is 0 Å². The topological polar surface area (TPSA) is 84.9 Å². The van der Waals surface area contributed by atoms with Crippen molar-refractivity contribution < 1.29 is 23.9 Å². The van der Waals surface area contributed by atoms with Crippen LogP contribution in [0, 0.1) is 6.92 Å². The number of nitrogens with zero attached hydrogens (tertiary/aromatic N) is 1. The van der Waals surface area contributed by atoms with Gasteiger partial charge in [-0.25, -0.2) is 4.79 Å². The van der Waals surface area contributed by atoms with E-state index in [0.717, 1.165) is 43.2 Å². The summed E-state index contributed by atoms with van der Waals surface area (Å²) in [6.45, 7) is 6.24. The van der Waals surface area contributed by atoms with E-state index in [0.29, 0.717) is 30.1 Å². The fraction of sp³-hybridized carbons (Fsp3) is 0.345. The van der Waals surface area contributed by atoms with Gasteiger partial charge in [-0.1, -0.05) is 55.2 Å². The summed E-state index contributed by atoms with van der Waals surface area (Å²) in [5.41, 5.74) is 3.54. The lowest BCUT2D eigenvalue weighted by atomic mass is 9.93. The van der Waals surface area contributed by atoms with Crippen LogP contribution in [0.3, 0.4) is 0 Å². The van der Waals surface area contributed by atoms with E-state index in [1.807, 2.05) is 37.3 Å². The minimum Gasteiger partial charge on any atom is -0.493 e. The average molecular weight is 489 g/mol. The average Bonchev–Trinajstić information content (AvgIpc) is 2.87. The van der Waals surface area contributed by atoms with Crippen molar-refractivity contribution >= 4 is 23.9 Å². The molecule has 1 saturated carbocycles. The van der Waals surface area contributed by atoms with Crippen LogP contribution in [0.25, 0.3) is 6.08 Å². The Morgan fingerprint density at radius 1 is 1.08 bits per heavy atom. The predicted octanol–water partition coefficient (Wildman–Crippen LogP) is 5.11. The summed E-state index contributed by atoms with van der Waals surface area (Å²) in [5, 5.41) is 2.34. The summed E-state index contributed by atoms with van der Waals surface area (Å²) in [6, 6.07) is 10.8. The highest BCUT2D eigenvalue weighted by Crippen LogP contribution is 2.35. The van der Waals surface area contributed by atoms with Crippen molar-refractivity contribution in [3.63, 3.8) is 0 Å². The first-order valence-electron chi connectivity index (χ1n) is 12.3.